The summed E-state index contributed by atoms with van der Waals surface area (Å²) in [6.45, 7) is 4.45. The van der Waals surface area contributed by atoms with Crippen LogP contribution >= 0.6 is 0 Å². The van der Waals surface area contributed by atoms with Crippen LogP contribution in [0.2, 0.25) is 0 Å². The minimum atomic E-state index is 0.764. The number of hydrogen-bond donors (Lipinski definition) is 0. The molecule has 1 nitrogen and oxygen atoms in total. The van der Waals surface area contributed by atoms with Crippen LogP contribution in [-0.4, -0.2) is 20.6 Å². The van der Waals surface area contributed by atoms with Crippen molar-refractivity contribution in [2.45, 2.75) is 19.4 Å². The van der Waals surface area contributed by atoms with E-state index in [0.717, 1.165) is 24.0 Å². The number of nitrogens with zero attached hydrogens (tertiary/aromatic N) is 1. The summed E-state index contributed by atoms with van der Waals surface area (Å²) in [5.74, 6) is 0. The van der Waals surface area contributed by atoms with E-state index in [-0.39, 0.29) is 0 Å². The molecule has 0 N–H and O–H groups in total. The van der Waals surface area contributed by atoms with Crippen molar-refractivity contribution < 1.29 is 0 Å². The molecule has 2 heteroatoms. The van der Waals surface area contributed by atoms with Gasteiger partial charge >= 0.3 is 93.6 Å². The number of allylic oxidation sites excluding steroid dienone is 1. The molecule has 0 atom stereocenters. The molecule has 0 fully saturated rings. The van der Waals surface area contributed by atoms with E-state index in [1.807, 2.05) is 24.3 Å². The topological polar surface area (TPSA) is 12.4 Å². The van der Waals surface area contributed by atoms with Gasteiger partial charge in [0.2, 0.25) is 0 Å². The standard InChI is InChI=1S/C12H14NSe/c1-2-3-9-12(14)13-10-11-7-5-4-6-8-11/h2,4-8H,1,3,9-10H2. The summed E-state index contributed by atoms with van der Waals surface area (Å²) in [7, 11) is 0. The van der Waals surface area contributed by atoms with Gasteiger partial charge in [-0.15, -0.1) is 0 Å². The van der Waals surface area contributed by atoms with Gasteiger partial charge in [-0.05, 0) is 0 Å². The van der Waals surface area contributed by atoms with Gasteiger partial charge in [0.1, 0.15) is 0 Å². The number of hydrogen-bond acceptors (Lipinski definition) is 1. The minimum absolute atomic E-state index is 0.764. The summed E-state index contributed by atoms with van der Waals surface area (Å²) in [4.78, 5) is 4.45. The normalized spacial score (nSPS) is 11.3. The van der Waals surface area contributed by atoms with Crippen LogP contribution in [0.1, 0.15) is 18.4 Å². The number of aliphatic imine (C=N–C) groups is 1. The quantitative estimate of drug-likeness (QED) is 0.433. The van der Waals surface area contributed by atoms with Crippen molar-refractivity contribution in [2.75, 3.05) is 0 Å². The Bertz CT molecular complexity index is 303. The molecular weight excluding hydrogens is 237 g/mol. The van der Waals surface area contributed by atoms with Crippen LogP contribution in [0.15, 0.2) is 48.0 Å². The van der Waals surface area contributed by atoms with Crippen molar-refractivity contribution in [3.63, 3.8) is 0 Å². The first kappa shape index (κ1) is 11.2. The first-order valence-electron chi connectivity index (χ1n) is 4.68. The maximum atomic E-state index is 4.45. The van der Waals surface area contributed by atoms with Crippen LogP contribution < -0.4 is 0 Å². The fourth-order valence-corrected chi connectivity index (χ4v) is 1.45. The Morgan fingerprint density at radius 2 is 2.07 bits per heavy atom. The van der Waals surface area contributed by atoms with E-state index in [9.17, 15) is 0 Å². The molecule has 73 valence electrons. The molecule has 0 aromatic heterocycles. The van der Waals surface area contributed by atoms with Gasteiger partial charge in [0.05, 0.1) is 0 Å². The Hall–Kier alpha value is -0.851. The molecular formula is C12H14NSe. The zero-order valence-electron chi connectivity index (χ0n) is 8.15. The predicted octanol–water partition coefficient (Wildman–Crippen LogP) is 2.72. The van der Waals surface area contributed by atoms with E-state index in [1.165, 1.54) is 5.56 Å². The molecule has 1 rings (SSSR count). The molecule has 0 aliphatic rings. The summed E-state index contributed by atoms with van der Waals surface area (Å²) in [6.07, 6.45) is 3.87. The summed E-state index contributed by atoms with van der Waals surface area (Å²) >= 11 is 2.98. The van der Waals surface area contributed by atoms with E-state index < -0.39 is 0 Å². The molecule has 1 radical (unpaired) electrons. The Balaban J connectivity index is 2.42. The molecule has 1 aromatic carbocycles. The van der Waals surface area contributed by atoms with Gasteiger partial charge in [0, 0.05) is 0 Å². The van der Waals surface area contributed by atoms with Crippen LogP contribution in [0.5, 0.6) is 0 Å². The van der Waals surface area contributed by atoms with Crippen molar-refractivity contribution >= 4 is 20.6 Å². The Morgan fingerprint density at radius 1 is 1.36 bits per heavy atom. The van der Waals surface area contributed by atoms with Gasteiger partial charge in [-0.3, -0.25) is 0 Å². The zero-order chi connectivity index (χ0) is 10.2. The van der Waals surface area contributed by atoms with Crippen molar-refractivity contribution in [2.24, 2.45) is 4.99 Å². The van der Waals surface area contributed by atoms with Gasteiger partial charge in [0.25, 0.3) is 0 Å². The molecule has 0 aliphatic carbocycles. The Labute approximate surface area is 93.8 Å². The molecule has 14 heavy (non-hydrogen) atoms. The average molecular weight is 251 g/mol. The van der Waals surface area contributed by atoms with Crippen LogP contribution in [0.25, 0.3) is 0 Å². The van der Waals surface area contributed by atoms with E-state index in [0.29, 0.717) is 0 Å². The second-order valence-corrected chi connectivity index (χ2v) is 4.01. The molecule has 0 bridgehead atoms. The van der Waals surface area contributed by atoms with Crippen molar-refractivity contribution in [1.82, 2.24) is 0 Å². The monoisotopic (exact) mass is 252 g/mol. The van der Waals surface area contributed by atoms with E-state index in [1.54, 1.807) is 0 Å². The van der Waals surface area contributed by atoms with Crippen molar-refractivity contribution in [3.05, 3.63) is 48.6 Å². The molecule has 0 unspecified atom stereocenters. The summed E-state index contributed by atoms with van der Waals surface area (Å²) in [5.41, 5.74) is 1.25. The third kappa shape index (κ3) is 4.40. The van der Waals surface area contributed by atoms with Crippen molar-refractivity contribution in [3.8, 4) is 0 Å². The van der Waals surface area contributed by atoms with Gasteiger partial charge in [-0.2, -0.15) is 0 Å². The SMILES string of the molecule is C=CCCC([Se])=NCc1ccccc1. The summed E-state index contributed by atoms with van der Waals surface area (Å²) < 4.78 is 1.08. The molecule has 0 spiro atoms. The molecule has 1 aromatic rings. The summed E-state index contributed by atoms with van der Waals surface area (Å²) in [5, 5.41) is 0. The Morgan fingerprint density at radius 3 is 2.71 bits per heavy atom. The second-order valence-electron chi connectivity index (χ2n) is 3.02. The van der Waals surface area contributed by atoms with Gasteiger partial charge < -0.3 is 0 Å². The van der Waals surface area contributed by atoms with Gasteiger partial charge in [-0.25, -0.2) is 0 Å². The second kappa shape index (κ2) is 6.58. The van der Waals surface area contributed by atoms with E-state index in [4.69, 9.17) is 0 Å². The van der Waals surface area contributed by atoms with Crippen LogP contribution in [0.3, 0.4) is 0 Å². The van der Waals surface area contributed by atoms with E-state index >= 15 is 0 Å². The van der Waals surface area contributed by atoms with Crippen molar-refractivity contribution in [1.29, 1.82) is 0 Å². The van der Waals surface area contributed by atoms with Crippen LogP contribution in [0.4, 0.5) is 0 Å². The predicted molar refractivity (Wildman–Crippen MR) is 62.8 cm³/mol. The van der Waals surface area contributed by atoms with E-state index in [2.05, 4.69) is 39.7 Å². The fraction of sp³-hybridized carbons (Fsp3) is 0.250. The van der Waals surface area contributed by atoms with Gasteiger partial charge in [0.15, 0.2) is 0 Å². The molecule has 0 heterocycles. The maximum absolute atomic E-state index is 4.45. The summed E-state index contributed by atoms with van der Waals surface area (Å²) in [6, 6.07) is 10.3. The zero-order valence-corrected chi connectivity index (χ0v) is 9.86. The van der Waals surface area contributed by atoms with Crippen LogP contribution in [-0.2, 0) is 6.54 Å². The van der Waals surface area contributed by atoms with Crippen LogP contribution in [0, 0.1) is 0 Å². The third-order valence-electron chi connectivity index (χ3n) is 1.84. The molecule has 0 saturated heterocycles. The molecule has 0 aliphatic heterocycles. The first-order chi connectivity index (χ1) is 6.83. The average Bonchev–Trinajstić information content (AvgIpc) is 2.25. The number of rotatable bonds is 5. The van der Waals surface area contributed by atoms with Gasteiger partial charge in [-0.1, -0.05) is 0 Å². The Kier molecular flexibility index (Phi) is 5.28. The number of benzene rings is 1. The molecule has 0 saturated carbocycles. The fourth-order valence-electron chi connectivity index (χ4n) is 1.07. The third-order valence-corrected chi connectivity index (χ3v) is 2.54. The first-order valence-corrected chi connectivity index (χ1v) is 5.53. The molecule has 0 amide bonds.